The van der Waals surface area contributed by atoms with Gasteiger partial charge in [-0.15, -0.1) is 0 Å². The van der Waals surface area contributed by atoms with Crippen LogP contribution in [0.1, 0.15) is 117 Å². The minimum absolute atomic E-state index is 0.241. The van der Waals surface area contributed by atoms with Gasteiger partial charge in [0.05, 0.1) is 0 Å². The summed E-state index contributed by atoms with van der Waals surface area (Å²) in [5, 5.41) is 0. The lowest BCUT2D eigenvalue weighted by atomic mass is 10.1. The number of ether oxygens (including phenoxy) is 3. The molecule has 0 bridgehead atoms. The first-order chi connectivity index (χ1) is 20.4. The van der Waals surface area contributed by atoms with E-state index in [1.807, 2.05) is 43.3 Å². The van der Waals surface area contributed by atoms with Gasteiger partial charge in [0.25, 0.3) is 0 Å². The third-order valence-corrected chi connectivity index (χ3v) is 6.44. The largest absolute Gasteiger partial charge is 0.462 e. The van der Waals surface area contributed by atoms with Gasteiger partial charge in [0, 0.05) is 19.3 Å². The average molecular weight is 590 g/mol. The number of carbonyl (C=O) groups is 3. The van der Waals surface area contributed by atoms with E-state index in [-0.39, 0.29) is 50.1 Å². The van der Waals surface area contributed by atoms with Crippen molar-refractivity contribution in [2.45, 2.75) is 123 Å². The van der Waals surface area contributed by atoms with Crippen molar-refractivity contribution in [1.29, 1.82) is 0 Å². The standard InChI is InChI=1S/C35H59NO6/c1-5-7-9-11-13-15-17-19-30-40-33(37)26-21-24-32(42-35(39)28-23-29-36(3)4)25-22-27-34(38)41-31-20-18-16-14-12-10-8-6-2/h11-14,17-20,32H,5-10,15-16,21-31H2,1-4H3/b13-11-,14-12-,19-17-,20-18-. The molecule has 0 unspecified atom stereocenters. The summed E-state index contributed by atoms with van der Waals surface area (Å²) in [6.07, 6.45) is 28.5. The number of rotatable bonds is 27. The minimum Gasteiger partial charge on any atom is -0.462 e. The van der Waals surface area contributed by atoms with E-state index in [2.05, 4.69) is 38.2 Å². The molecule has 0 aliphatic carbocycles. The Balaban J connectivity index is 4.40. The Morgan fingerprint density at radius 2 is 1.05 bits per heavy atom. The molecule has 240 valence electrons. The Morgan fingerprint density at radius 3 is 1.50 bits per heavy atom. The van der Waals surface area contributed by atoms with Gasteiger partial charge < -0.3 is 19.1 Å². The smallest absolute Gasteiger partial charge is 0.306 e. The molecule has 0 spiro atoms. The van der Waals surface area contributed by atoms with Crippen molar-refractivity contribution in [2.75, 3.05) is 33.9 Å². The molecule has 0 rings (SSSR count). The van der Waals surface area contributed by atoms with Gasteiger partial charge in [-0.2, -0.15) is 0 Å². The highest BCUT2D eigenvalue weighted by Gasteiger charge is 2.16. The van der Waals surface area contributed by atoms with Crippen LogP contribution in [0.3, 0.4) is 0 Å². The molecule has 0 amide bonds. The van der Waals surface area contributed by atoms with Gasteiger partial charge >= 0.3 is 17.9 Å². The van der Waals surface area contributed by atoms with Crippen molar-refractivity contribution in [3.63, 3.8) is 0 Å². The Kier molecular flexibility index (Phi) is 27.9. The van der Waals surface area contributed by atoms with E-state index < -0.39 is 0 Å². The Hall–Kier alpha value is -2.67. The first-order valence-electron chi connectivity index (χ1n) is 16.1. The molecular formula is C35H59NO6. The molecule has 0 aromatic carbocycles. The highest BCUT2D eigenvalue weighted by atomic mass is 16.5. The van der Waals surface area contributed by atoms with Crippen molar-refractivity contribution in [3.05, 3.63) is 48.6 Å². The molecule has 0 aromatic rings. The van der Waals surface area contributed by atoms with E-state index in [1.165, 1.54) is 25.7 Å². The normalized spacial score (nSPS) is 12.0. The van der Waals surface area contributed by atoms with Crippen LogP contribution in [0.4, 0.5) is 0 Å². The Labute approximate surface area is 256 Å². The number of hydrogen-bond acceptors (Lipinski definition) is 7. The maximum Gasteiger partial charge on any atom is 0.306 e. The average Bonchev–Trinajstić information content (AvgIpc) is 2.95. The Morgan fingerprint density at radius 1 is 0.595 bits per heavy atom. The molecule has 0 saturated heterocycles. The maximum absolute atomic E-state index is 12.4. The first kappa shape index (κ1) is 39.3. The summed E-state index contributed by atoms with van der Waals surface area (Å²) >= 11 is 0. The van der Waals surface area contributed by atoms with Crippen LogP contribution in [0, 0.1) is 0 Å². The summed E-state index contributed by atoms with van der Waals surface area (Å²) in [5.41, 5.74) is 0. The molecule has 7 heteroatoms. The van der Waals surface area contributed by atoms with Gasteiger partial charge in [-0.1, -0.05) is 88.1 Å². The third-order valence-electron chi connectivity index (χ3n) is 6.44. The molecule has 0 aromatic heterocycles. The Bertz CT molecular complexity index is 747. The summed E-state index contributed by atoms with van der Waals surface area (Å²) in [4.78, 5) is 38.7. The molecule has 0 aliphatic heterocycles. The number of allylic oxidation sites excluding steroid dienone is 6. The van der Waals surface area contributed by atoms with Crippen molar-refractivity contribution in [2.24, 2.45) is 0 Å². The molecule has 0 atom stereocenters. The van der Waals surface area contributed by atoms with Gasteiger partial charge in [-0.25, -0.2) is 0 Å². The predicted molar refractivity (Wildman–Crippen MR) is 172 cm³/mol. The number of esters is 3. The second kappa shape index (κ2) is 29.8. The summed E-state index contributed by atoms with van der Waals surface area (Å²) in [6, 6.07) is 0. The van der Waals surface area contributed by atoms with E-state index in [0.717, 1.165) is 38.6 Å². The minimum atomic E-state index is -0.337. The SMILES string of the molecule is CCCC/C=C\C/C=C\COC(=O)CCCC(CCCC(=O)OC/C=C\C/C=C\CCCC)OC(=O)CCCN(C)C. The lowest BCUT2D eigenvalue weighted by molar-refractivity contribution is -0.150. The van der Waals surface area contributed by atoms with Crippen LogP contribution >= 0.6 is 0 Å². The van der Waals surface area contributed by atoms with Crippen LogP contribution in [0.5, 0.6) is 0 Å². The predicted octanol–water partition coefficient (Wildman–Crippen LogP) is 8.05. The topological polar surface area (TPSA) is 82.1 Å². The van der Waals surface area contributed by atoms with E-state index in [1.54, 1.807) is 0 Å². The van der Waals surface area contributed by atoms with E-state index in [4.69, 9.17) is 14.2 Å². The van der Waals surface area contributed by atoms with Crippen molar-refractivity contribution in [1.82, 2.24) is 4.90 Å². The van der Waals surface area contributed by atoms with Crippen LogP contribution in [0.15, 0.2) is 48.6 Å². The van der Waals surface area contributed by atoms with Crippen LogP contribution in [0.25, 0.3) is 0 Å². The number of unbranched alkanes of at least 4 members (excludes halogenated alkanes) is 4. The van der Waals surface area contributed by atoms with Gasteiger partial charge in [0.2, 0.25) is 0 Å². The van der Waals surface area contributed by atoms with Crippen molar-refractivity contribution >= 4 is 17.9 Å². The summed E-state index contributed by atoms with van der Waals surface area (Å²) in [5.74, 6) is -0.765. The summed E-state index contributed by atoms with van der Waals surface area (Å²) < 4.78 is 16.3. The van der Waals surface area contributed by atoms with Crippen LogP contribution < -0.4 is 0 Å². The second-order valence-electron chi connectivity index (χ2n) is 10.8. The monoisotopic (exact) mass is 589 g/mol. The maximum atomic E-state index is 12.4. The number of nitrogens with zero attached hydrogens (tertiary/aromatic N) is 1. The van der Waals surface area contributed by atoms with Gasteiger partial charge in [0.15, 0.2) is 0 Å². The first-order valence-corrected chi connectivity index (χ1v) is 16.1. The number of hydrogen-bond donors (Lipinski definition) is 0. The van der Waals surface area contributed by atoms with Crippen LogP contribution in [0.2, 0.25) is 0 Å². The fourth-order valence-electron chi connectivity index (χ4n) is 3.98. The second-order valence-corrected chi connectivity index (χ2v) is 10.8. The summed E-state index contributed by atoms with van der Waals surface area (Å²) in [7, 11) is 3.94. The molecule has 0 N–H and O–H groups in total. The van der Waals surface area contributed by atoms with Crippen molar-refractivity contribution in [3.8, 4) is 0 Å². The molecule has 42 heavy (non-hydrogen) atoms. The molecule has 0 radical (unpaired) electrons. The van der Waals surface area contributed by atoms with Crippen LogP contribution in [-0.4, -0.2) is 62.8 Å². The zero-order chi connectivity index (χ0) is 31.1. The van der Waals surface area contributed by atoms with E-state index in [9.17, 15) is 14.4 Å². The molecule has 7 nitrogen and oxygen atoms in total. The van der Waals surface area contributed by atoms with Gasteiger partial charge in [-0.05, 0) is 78.4 Å². The molecule has 0 aliphatic rings. The van der Waals surface area contributed by atoms with E-state index in [0.29, 0.717) is 32.1 Å². The van der Waals surface area contributed by atoms with Gasteiger partial charge in [0.1, 0.15) is 19.3 Å². The lowest BCUT2D eigenvalue weighted by Crippen LogP contribution is -2.21. The molecule has 0 fully saturated rings. The molecule has 0 saturated carbocycles. The fraction of sp³-hybridized carbons (Fsp3) is 0.686. The third kappa shape index (κ3) is 28.8. The van der Waals surface area contributed by atoms with E-state index >= 15 is 0 Å². The zero-order valence-corrected chi connectivity index (χ0v) is 27.0. The highest BCUT2D eigenvalue weighted by Crippen LogP contribution is 2.15. The van der Waals surface area contributed by atoms with Crippen LogP contribution in [-0.2, 0) is 28.6 Å². The summed E-state index contributed by atoms with van der Waals surface area (Å²) in [6.45, 7) is 5.69. The fourth-order valence-corrected chi connectivity index (χ4v) is 3.98. The quantitative estimate of drug-likeness (QED) is 0.0415. The lowest BCUT2D eigenvalue weighted by Gasteiger charge is -2.18. The molecule has 0 heterocycles. The number of carbonyl (C=O) groups excluding carboxylic acids is 3. The highest BCUT2D eigenvalue weighted by molar-refractivity contribution is 5.70. The van der Waals surface area contributed by atoms with Gasteiger partial charge in [-0.3, -0.25) is 14.4 Å². The molecular weight excluding hydrogens is 530 g/mol. The zero-order valence-electron chi connectivity index (χ0n) is 27.0. The van der Waals surface area contributed by atoms with Crippen molar-refractivity contribution < 1.29 is 28.6 Å².